The zero-order valence-corrected chi connectivity index (χ0v) is 8.84. The van der Waals surface area contributed by atoms with E-state index in [1.54, 1.807) is 35.0 Å². The first kappa shape index (κ1) is 9.77. The van der Waals surface area contributed by atoms with Crippen molar-refractivity contribution in [3.8, 4) is 11.4 Å². The Labute approximate surface area is 96.5 Å². The average Bonchev–Trinajstić information content (AvgIpc) is 2.72. The summed E-state index contributed by atoms with van der Waals surface area (Å²) < 4.78 is 14.7. The Morgan fingerprint density at radius 3 is 2.88 bits per heavy atom. The molecule has 2 N–H and O–H groups in total. The number of nitrogens with zero attached hydrogens (tertiary/aromatic N) is 3. The van der Waals surface area contributed by atoms with Crippen molar-refractivity contribution in [3.05, 3.63) is 48.4 Å². The minimum atomic E-state index is -0.305. The highest BCUT2D eigenvalue weighted by Crippen LogP contribution is 2.17. The Morgan fingerprint density at radius 1 is 1.18 bits per heavy atom. The number of fused-ring (bicyclic) bond motifs is 1. The fourth-order valence-corrected chi connectivity index (χ4v) is 1.65. The highest BCUT2D eigenvalue weighted by Gasteiger charge is 2.06. The first-order valence-corrected chi connectivity index (χ1v) is 5.10. The van der Waals surface area contributed by atoms with E-state index in [2.05, 4.69) is 10.1 Å². The summed E-state index contributed by atoms with van der Waals surface area (Å²) in [5, 5.41) is 4.24. The number of benzene rings is 1. The minimum Gasteiger partial charge on any atom is -0.397 e. The third kappa shape index (κ3) is 1.71. The van der Waals surface area contributed by atoms with Crippen molar-refractivity contribution < 1.29 is 4.39 Å². The molecular formula is C12H9FN4. The smallest absolute Gasteiger partial charge is 0.182 e. The van der Waals surface area contributed by atoms with Crippen LogP contribution in [0.4, 0.5) is 10.1 Å². The van der Waals surface area contributed by atoms with Crippen LogP contribution in [0.2, 0.25) is 0 Å². The van der Waals surface area contributed by atoms with Gasteiger partial charge < -0.3 is 5.73 Å². The second-order valence-electron chi connectivity index (χ2n) is 3.71. The molecule has 0 aliphatic heterocycles. The van der Waals surface area contributed by atoms with Crippen LogP contribution in [-0.4, -0.2) is 14.6 Å². The van der Waals surface area contributed by atoms with E-state index in [0.717, 1.165) is 0 Å². The van der Waals surface area contributed by atoms with Gasteiger partial charge in [-0.25, -0.2) is 13.9 Å². The Kier molecular flexibility index (Phi) is 2.04. The second kappa shape index (κ2) is 3.55. The molecule has 3 rings (SSSR count). The molecule has 2 aromatic heterocycles. The SMILES string of the molecule is Nc1ccc2nc(-c3cccc(F)c3)nn2c1. The number of hydrogen-bond acceptors (Lipinski definition) is 3. The summed E-state index contributed by atoms with van der Waals surface area (Å²) in [5.74, 6) is 0.177. The molecule has 0 amide bonds. The van der Waals surface area contributed by atoms with Gasteiger partial charge in [-0.05, 0) is 24.3 Å². The van der Waals surface area contributed by atoms with Crippen LogP contribution < -0.4 is 5.73 Å². The lowest BCUT2D eigenvalue weighted by Gasteiger charge is -1.93. The third-order valence-electron chi connectivity index (χ3n) is 2.44. The zero-order chi connectivity index (χ0) is 11.8. The predicted molar refractivity (Wildman–Crippen MR) is 62.8 cm³/mol. The number of rotatable bonds is 1. The molecule has 0 radical (unpaired) electrons. The maximum Gasteiger partial charge on any atom is 0.182 e. The number of anilines is 1. The van der Waals surface area contributed by atoms with Crippen molar-refractivity contribution in [2.75, 3.05) is 5.73 Å². The lowest BCUT2D eigenvalue weighted by molar-refractivity contribution is 0.628. The summed E-state index contributed by atoms with van der Waals surface area (Å²) in [6, 6.07) is 9.70. The summed E-state index contributed by atoms with van der Waals surface area (Å²) >= 11 is 0. The number of nitrogens with two attached hydrogens (primary N) is 1. The Balaban J connectivity index is 2.18. The number of pyridine rings is 1. The summed E-state index contributed by atoms with van der Waals surface area (Å²) in [4.78, 5) is 4.29. The van der Waals surface area contributed by atoms with Crippen LogP contribution in [0.5, 0.6) is 0 Å². The van der Waals surface area contributed by atoms with E-state index in [9.17, 15) is 4.39 Å². The van der Waals surface area contributed by atoms with Crippen LogP contribution in [0.3, 0.4) is 0 Å². The van der Waals surface area contributed by atoms with Gasteiger partial charge in [0.15, 0.2) is 11.5 Å². The fourth-order valence-electron chi connectivity index (χ4n) is 1.65. The van der Waals surface area contributed by atoms with Gasteiger partial charge in [-0.2, -0.15) is 0 Å². The van der Waals surface area contributed by atoms with E-state index >= 15 is 0 Å². The number of halogens is 1. The first-order chi connectivity index (χ1) is 8.22. The van der Waals surface area contributed by atoms with Crippen molar-refractivity contribution in [1.82, 2.24) is 14.6 Å². The molecule has 3 aromatic rings. The third-order valence-corrected chi connectivity index (χ3v) is 2.44. The predicted octanol–water partition coefficient (Wildman–Crippen LogP) is 2.12. The number of hydrogen-bond donors (Lipinski definition) is 1. The maximum absolute atomic E-state index is 13.1. The van der Waals surface area contributed by atoms with Gasteiger partial charge in [0.05, 0.1) is 11.9 Å². The van der Waals surface area contributed by atoms with Gasteiger partial charge >= 0.3 is 0 Å². The van der Waals surface area contributed by atoms with Gasteiger partial charge in [0.25, 0.3) is 0 Å². The zero-order valence-electron chi connectivity index (χ0n) is 8.84. The first-order valence-electron chi connectivity index (χ1n) is 5.10. The lowest BCUT2D eigenvalue weighted by Crippen LogP contribution is -1.91. The van der Waals surface area contributed by atoms with Gasteiger partial charge in [-0.15, -0.1) is 5.10 Å². The van der Waals surface area contributed by atoms with Gasteiger partial charge in [0.2, 0.25) is 0 Å². The van der Waals surface area contributed by atoms with Crippen molar-refractivity contribution in [2.24, 2.45) is 0 Å². The van der Waals surface area contributed by atoms with Crippen LogP contribution in [0, 0.1) is 5.82 Å². The summed E-state index contributed by atoms with van der Waals surface area (Å²) in [5.41, 5.74) is 7.58. The molecule has 0 aliphatic rings. The average molecular weight is 228 g/mol. The van der Waals surface area contributed by atoms with Crippen molar-refractivity contribution >= 4 is 11.3 Å². The highest BCUT2D eigenvalue weighted by molar-refractivity contribution is 5.59. The van der Waals surface area contributed by atoms with E-state index in [4.69, 9.17) is 5.73 Å². The van der Waals surface area contributed by atoms with Crippen LogP contribution in [0.25, 0.3) is 17.0 Å². The second-order valence-corrected chi connectivity index (χ2v) is 3.71. The van der Waals surface area contributed by atoms with Gasteiger partial charge in [-0.1, -0.05) is 12.1 Å². The van der Waals surface area contributed by atoms with E-state index in [1.807, 2.05) is 0 Å². The van der Waals surface area contributed by atoms with E-state index < -0.39 is 0 Å². The Hall–Kier alpha value is -2.43. The van der Waals surface area contributed by atoms with Crippen molar-refractivity contribution in [3.63, 3.8) is 0 Å². The molecule has 0 saturated carbocycles. The highest BCUT2D eigenvalue weighted by atomic mass is 19.1. The largest absolute Gasteiger partial charge is 0.397 e. The molecule has 0 aliphatic carbocycles. The fraction of sp³-hybridized carbons (Fsp3) is 0. The molecule has 0 saturated heterocycles. The molecule has 4 nitrogen and oxygen atoms in total. The molecule has 84 valence electrons. The standard InChI is InChI=1S/C12H9FN4/c13-9-3-1-2-8(6-9)12-15-11-5-4-10(14)7-17(11)16-12/h1-7H,14H2. The molecule has 0 atom stereocenters. The molecule has 0 fully saturated rings. The Morgan fingerprint density at radius 2 is 2.06 bits per heavy atom. The molecular weight excluding hydrogens is 219 g/mol. The normalized spacial score (nSPS) is 10.9. The Bertz CT molecular complexity index is 690. The van der Waals surface area contributed by atoms with Gasteiger partial charge in [0, 0.05) is 5.56 Å². The quantitative estimate of drug-likeness (QED) is 0.694. The molecule has 0 bridgehead atoms. The summed E-state index contributed by atoms with van der Waals surface area (Å²) in [6.07, 6.45) is 1.67. The van der Waals surface area contributed by atoms with E-state index in [-0.39, 0.29) is 5.82 Å². The topological polar surface area (TPSA) is 56.2 Å². The van der Waals surface area contributed by atoms with Gasteiger partial charge in [0.1, 0.15) is 5.82 Å². The van der Waals surface area contributed by atoms with Gasteiger partial charge in [-0.3, -0.25) is 0 Å². The lowest BCUT2D eigenvalue weighted by atomic mass is 10.2. The monoisotopic (exact) mass is 228 g/mol. The number of nitrogen functional groups attached to an aromatic ring is 1. The maximum atomic E-state index is 13.1. The minimum absolute atomic E-state index is 0.305. The molecule has 1 aromatic carbocycles. The molecule has 5 heteroatoms. The van der Waals surface area contributed by atoms with Crippen LogP contribution in [0.1, 0.15) is 0 Å². The summed E-state index contributed by atoms with van der Waals surface area (Å²) in [7, 11) is 0. The molecule has 0 spiro atoms. The van der Waals surface area contributed by atoms with Crippen LogP contribution in [-0.2, 0) is 0 Å². The molecule has 17 heavy (non-hydrogen) atoms. The van der Waals surface area contributed by atoms with E-state index in [0.29, 0.717) is 22.7 Å². The van der Waals surface area contributed by atoms with Crippen molar-refractivity contribution in [2.45, 2.75) is 0 Å². The molecule has 0 unspecified atom stereocenters. The summed E-state index contributed by atoms with van der Waals surface area (Å²) in [6.45, 7) is 0. The van der Waals surface area contributed by atoms with Crippen molar-refractivity contribution in [1.29, 1.82) is 0 Å². The molecule has 2 heterocycles. The number of aromatic nitrogens is 3. The van der Waals surface area contributed by atoms with Crippen LogP contribution >= 0.6 is 0 Å². The van der Waals surface area contributed by atoms with Crippen LogP contribution in [0.15, 0.2) is 42.6 Å². The van der Waals surface area contributed by atoms with E-state index in [1.165, 1.54) is 12.1 Å².